The molecule has 1 fully saturated rings. The van der Waals surface area contributed by atoms with Crippen LogP contribution in [0.4, 0.5) is 0 Å². The Balaban J connectivity index is 1.82. The molecule has 19 heavy (non-hydrogen) atoms. The van der Waals surface area contributed by atoms with Crippen molar-refractivity contribution in [3.8, 4) is 11.5 Å². The van der Waals surface area contributed by atoms with Gasteiger partial charge in [0, 0.05) is 19.1 Å². The normalized spacial score (nSPS) is 24.2. The Hall–Kier alpha value is -1.26. The van der Waals surface area contributed by atoms with Crippen molar-refractivity contribution in [2.75, 3.05) is 33.4 Å². The fourth-order valence-corrected chi connectivity index (χ4v) is 2.29. The third-order valence-electron chi connectivity index (χ3n) is 3.44. The Kier molecular flexibility index (Phi) is 5.05. The first-order chi connectivity index (χ1) is 9.20. The molecule has 1 aromatic carbocycles. The molecule has 0 N–H and O–H groups in total. The summed E-state index contributed by atoms with van der Waals surface area (Å²) < 4.78 is 16.7. The van der Waals surface area contributed by atoms with Crippen molar-refractivity contribution in [3.05, 3.63) is 24.3 Å². The van der Waals surface area contributed by atoms with Gasteiger partial charge in [-0.2, -0.15) is 0 Å². The number of morpholine rings is 1. The average Bonchev–Trinajstić information content (AvgIpc) is 2.43. The number of benzene rings is 1. The molecule has 2 atom stereocenters. The fourth-order valence-electron chi connectivity index (χ4n) is 2.29. The van der Waals surface area contributed by atoms with Crippen LogP contribution in [0.2, 0.25) is 0 Å². The second-order valence-corrected chi connectivity index (χ2v) is 4.99. The van der Waals surface area contributed by atoms with E-state index in [2.05, 4.69) is 18.7 Å². The smallest absolute Gasteiger partial charge is 0.161 e. The molecule has 1 aromatic rings. The van der Waals surface area contributed by atoms with Crippen LogP contribution in [0.5, 0.6) is 11.5 Å². The summed E-state index contributed by atoms with van der Waals surface area (Å²) in [6.45, 7) is 7.64. The Morgan fingerprint density at radius 3 is 2.74 bits per heavy atom. The molecule has 1 heterocycles. The highest BCUT2D eigenvalue weighted by molar-refractivity contribution is 5.39. The van der Waals surface area contributed by atoms with Crippen LogP contribution in [0, 0.1) is 0 Å². The van der Waals surface area contributed by atoms with E-state index < -0.39 is 0 Å². The van der Waals surface area contributed by atoms with Gasteiger partial charge in [-0.15, -0.1) is 0 Å². The first-order valence-corrected chi connectivity index (χ1v) is 6.82. The molecule has 1 aliphatic heterocycles. The molecule has 0 spiro atoms. The van der Waals surface area contributed by atoms with Crippen molar-refractivity contribution in [2.45, 2.75) is 26.0 Å². The third-order valence-corrected chi connectivity index (χ3v) is 3.44. The molecule has 0 aliphatic carbocycles. The van der Waals surface area contributed by atoms with Gasteiger partial charge in [0.2, 0.25) is 0 Å². The zero-order valence-electron chi connectivity index (χ0n) is 12.0. The van der Waals surface area contributed by atoms with Gasteiger partial charge < -0.3 is 14.2 Å². The molecule has 4 nitrogen and oxygen atoms in total. The van der Waals surface area contributed by atoms with Crippen LogP contribution in [0.1, 0.15) is 13.8 Å². The molecule has 0 amide bonds. The molecule has 0 saturated carbocycles. The number of para-hydroxylation sites is 2. The van der Waals surface area contributed by atoms with Crippen LogP contribution in [-0.2, 0) is 4.74 Å². The highest BCUT2D eigenvalue weighted by Crippen LogP contribution is 2.25. The zero-order valence-corrected chi connectivity index (χ0v) is 12.0. The molecule has 106 valence electrons. The van der Waals surface area contributed by atoms with Crippen molar-refractivity contribution in [2.24, 2.45) is 0 Å². The number of methoxy groups -OCH3 is 1. The van der Waals surface area contributed by atoms with Crippen LogP contribution >= 0.6 is 0 Å². The predicted molar refractivity (Wildman–Crippen MR) is 74.9 cm³/mol. The van der Waals surface area contributed by atoms with Gasteiger partial charge in [0.25, 0.3) is 0 Å². The summed E-state index contributed by atoms with van der Waals surface area (Å²) in [4.78, 5) is 2.41. The number of nitrogens with zero attached hydrogens (tertiary/aromatic N) is 1. The van der Waals surface area contributed by atoms with E-state index in [1.54, 1.807) is 7.11 Å². The number of hydrogen-bond donors (Lipinski definition) is 0. The van der Waals surface area contributed by atoms with E-state index in [1.807, 2.05) is 24.3 Å². The van der Waals surface area contributed by atoms with Crippen molar-refractivity contribution in [3.63, 3.8) is 0 Å². The first kappa shape index (κ1) is 14.2. The van der Waals surface area contributed by atoms with Crippen molar-refractivity contribution >= 4 is 0 Å². The van der Waals surface area contributed by atoms with Crippen molar-refractivity contribution in [1.82, 2.24) is 4.90 Å². The summed E-state index contributed by atoms with van der Waals surface area (Å²) in [5.74, 6) is 1.59. The molecule has 4 heteroatoms. The summed E-state index contributed by atoms with van der Waals surface area (Å²) in [5, 5.41) is 0. The van der Waals surface area contributed by atoms with Crippen LogP contribution in [0.15, 0.2) is 24.3 Å². The van der Waals surface area contributed by atoms with E-state index in [1.165, 1.54) is 0 Å². The van der Waals surface area contributed by atoms with Gasteiger partial charge in [0.1, 0.15) is 6.61 Å². The lowest BCUT2D eigenvalue weighted by Gasteiger charge is -2.36. The molecular weight excluding hydrogens is 242 g/mol. The maximum Gasteiger partial charge on any atom is 0.161 e. The quantitative estimate of drug-likeness (QED) is 0.816. The standard InChI is InChI=1S/C15H23NO3/c1-12-11-19-13(2)10-16(12)8-9-18-15-7-5-4-6-14(15)17-3/h4-7,12-13H,8-11H2,1-3H3/t12-,13+/m0/s1. The van der Waals surface area contributed by atoms with E-state index in [9.17, 15) is 0 Å². The lowest BCUT2D eigenvalue weighted by Crippen LogP contribution is -2.48. The molecule has 0 radical (unpaired) electrons. The summed E-state index contributed by atoms with van der Waals surface area (Å²) in [7, 11) is 1.66. The number of hydrogen-bond acceptors (Lipinski definition) is 4. The van der Waals surface area contributed by atoms with E-state index in [4.69, 9.17) is 14.2 Å². The monoisotopic (exact) mass is 265 g/mol. The molecule has 1 saturated heterocycles. The lowest BCUT2D eigenvalue weighted by atomic mass is 10.2. The fraction of sp³-hybridized carbons (Fsp3) is 0.600. The molecular formula is C15H23NO3. The van der Waals surface area contributed by atoms with Crippen LogP contribution in [0.25, 0.3) is 0 Å². The van der Waals surface area contributed by atoms with E-state index in [-0.39, 0.29) is 0 Å². The Morgan fingerprint density at radius 1 is 1.26 bits per heavy atom. The molecule has 0 aromatic heterocycles. The van der Waals surface area contributed by atoms with Gasteiger partial charge >= 0.3 is 0 Å². The van der Waals surface area contributed by atoms with Gasteiger partial charge in [-0.25, -0.2) is 0 Å². The summed E-state index contributed by atoms with van der Waals surface area (Å²) >= 11 is 0. The van der Waals surface area contributed by atoms with E-state index in [0.29, 0.717) is 18.8 Å². The summed E-state index contributed by atoms with van der Waals surface area (Å²) in [6, 6.07) is 8.20. The molecule has 2 rings (SSSR count). The first-order valence-electron chi connectivity index (χ1n) is 6.82. The van der Waals surface area contributed by atoms with Crippen molar-refractivity contribution in [1.29, 1.82) is 0 Å². The second-order valence-electron chi connectivity index (χ2n) is 4.99. The van der Waals surface area contributed by atoms with Crippen LogP contribution < -0.4 is 9.47 Å². The zero-order chi connectivity index (χ0) is 13.7. The minimum absolute atomic E-state index is 0.308. The highest BCUT2D eigenvalue weighted by atomic mass is 16.5. The number of rotatable bonds is 5. The second kappa shape index (κ2) is 6.78. The lowest BCUT2D eigenvalue weighted by molar-refractivity contribution is -0.0523. The topological polar surface area (TPSA) is 30.9 Å². The van der Waals surface area contributed by atoms with E-state index >= 15 is 0 Å². The minimum atomic E-state index is 0.308. The maximum absolute atomic E-state index is 5.81. The molecule has 1 aliphatic rings. The molecule has 0 unspecified atom stereocenters. The maximum atomic E-state index is 5.81. The van der Waals surface area contributed by atoms with Crippen LogP contribution in [-0.4, -0.2) is 50.5 Å². The Morgan fingerprint density at radius 2 is 2.00 bits per heavy atom. The summed E-state index contributed by atoms with van der Waals surface area (Å²) in [6.07, 6.45) is 0.308. The SMILES string of the molecule is COc1ccccc1OCCN1C[C@@H](C)OC[C@@H]1C. The van der Waals surface area contributed by atoms with Gasteiger partial charge in [-0.05, 0) is 26.0 Å². The van der Waals surface area contributed by atoms with Crippen molar-refractivity contribution < 1.29 is 14.2 Å². The van der Waals surface area contributed by atoms with Gasteiger partial charge in [-0.3, -0.25) is 4.90 Å². The minimum Gasteiger partial charge on any atom is -0.493 e. The number of ether oxygens (including phenoxy) is 3. The third kappa shape index (κ3) is 3.85. The van der Waals surface area contributed by atoms with Gasteiger partial charge in [0.15, 0.2) is 11.5 Å². The highest BCUT2D eigenvalue weighted by Gasteiger charge is 2.22. The summed E-state index contributed by atoms with van der Waals surface area (Å²) in [5.41, 5.74) is 0. The van der Waals surface area contributed by atoms with E-state index in [0.717, 1.165) is 31.2 Å². The Labute approximate surface area is 115 Å². The predicted octanol–water partition coefficient (Wildman–Crippen LogP) is 2.18. The largest absolute Gasteiger partial charge is 0.493 e. The van der Waals surface area contributed by atoms with Gasteiger partial charge in [-0.1, -0.05) is 12.1 Å². The molecule has 0 bridgehead atoms. The average molecular weight is 265 g/mol. The Bertz CT molecular complexity index is 397. The van der Waals surface area contributed by atoms with Crippen LogP contribution in [0.3, 0.4) is 0 Å². The van der Waals surface area contributed by atoms with Gasteiger partial charge in [0.05, 0.1) is 19.8 Å².